The summed E-state index contributed by atoms with van der Waals surface area (Å²) in [5.41, 5.74) is 1.42. The molecule has 6 heteroatoms. The smallest absolute Gasteiger partial charge is 0.357 e. The lowest BCUT2D eigenvalue weighted by atomic mass is 10.2. The Kier molecular flexibility index (Phi) is 5.51. The van der Waals surface area contributed by atoms with E-state index in [4.69, 9.17) is 4.74 Å². The number of esters is 1. The van der Waals surface area contributed by atoms with Crippen LogP contribution < -0.4 is 0 Å². The fraction of sp³-hybridized carbons (Fsp3) is 0.235. The van der Waals surface area contributed by atoms with Crippen molar-refractivity contribution in [2.45, 2.75) is 20.3 Å². The van der Waals surface area contributed by atoms with E-state index in [1.165, 1.54) is 13.0 Å². The van der Waals surface area contributed by atoms with E-state index in [1.807, 2.05) is 30.3 Å². The summed E-state index contributed by atoms with van der Waals surface area (Å²) in [5, 5.41) is 0. The van der Waals surface area contributed by atoms with E-state index in [2.05, 4.69) is 9.97 Å². The highest BCUT2D eigenvalue weighted by Crippen LogP contribution is 2.16. The Balaban J connectivity index is 2.12. The molecule has 0 N–H and O–H groups in total. The molecule has 1 aromatic heterocycles. The van der Waals surface area contributed by atoms with Crippen LogP contribution in [0.4, 0.5) is 8.78 Å². The highest BCUT2D eigenvalue weighted by Gasteiger charge is 2.13. The molecule has 0 unspecified atom stereocenters. The molecule has 0 atom stereocenters. The predicted octanol–water partition coefficient (Wildman–Crippen LogP) is 4.17. The Labute approximate surface area is 132 Å². The molecule has 4 nitrogen and oxygen atoms in total. The molecule has 1 aromatic carbocycles. The quantitative estimate of drug-likeness (QED) is 0.776. The minimum atomic E-state index is -1.75. The average molecular weight is 318 g/mol. The second-order valence-electron chi connectivity index (χ2n) is 5.01. The van der Waals surface area contributed by atoms with Crippen molar-refractivity contribution in [1.82, 2.24) is 9.97 Å². The Bertz CT molecular complexity index is 727. The molecular formula is C17H16F2N2O2. The molecule has 0 bridgehead atoms. The van der Waals surface area contributed by atoms with Gasteiger partial charge in [-0.05, 0) is 25.5 Å². The largest absolute Gasteiger partial charge is 0.461 e. The number of rotatable bonds is 5. The van der Waals surface area contributed by atoms with E-state index < -0.39 is 12.0 Å². The Morgan fingerprint density at radius 2 is 1.87 bits per heavy atom. The van der Waals surface area contributed by atoms with E-state index in [-0.39, 0.29) is 24.3 Å². The number of benzene rings is 1. The van der Waals surface area contributed by atoms with Gasteiger partial charge in [-0.2, -0.15) is 8.78 Å². The van der Waals surface area contributed by atoms with Gasteiger partial charge in [0.15, 0.2) is 11.5 Å². The van der Waals surface area contributed by atoms with Crippen LogP contribution in [0, 0.1) is 6.92 Å². The highest BCUT2D eigenvalue weighted by molar-refractivity contribution is 5.87. The average Bonchev–Trinajstić information content (AvgIpc) is 2.54. The number of hydrogen-bond donors (Lipinski definition) is 0. The number of nitrogens with zero attached hydrogens (tertiary/aromatic N) is 2. The van der Waals surface area contributed by atoms with Crippen molar-refractivity contribution in [2.24, 2.45) is 0 Å². The molecule has 0 fully saturated rings. The number of aryl methyl sites for hydroxylation is 1. The summed E-state index contributed by atoms with van der Waals surface area (Å²) in [5.74, 6) is -0.233. The Morgan fingerprint density at radius 3 is 2.52 bits per heavy atom. The maximum Gasteiger partial charge on any atom is 0.357 e. The summed E-state index contributed by atoms with van der Waals surface area (Å²) in [6, 6.07) is 10.7. The first-order valence-corrected chi connectivity index (χ1v) is 7.06. The molecule has 2 rings (SSSR count). The third-order valence-electron chi connectivity index (χ3n) is 3.13. The van der Waals surface area contributed by atoms with E-state index in [0.717, 1.165) is 5.56 Å². The van der Waals surface area contributed by atoms with Crippen molar-refractivity contribution in [1.29, 1.82) is 0 Å². The Hall–Kier alpha value is -2.63. The zero-order valence-corrected chi connectivity index (χ0v) is 12.8. The summed E-state index contributed by atoms with van der Waals surface area (Å²) < 4.78 is 29.6. The van der Waals surface area contributed by atoms with Gasteiger partial charge in [0, 0.05) is 17.7 Å². The van der Waals surface area contributed by atoms with Crippen molar-refractivity contribution in [3.05, 3.63) is 59.4 Å². The van der Waals surface area contributed by atoms with Crippen LogP contribution in [-0.2, 0) is 4.74 Å². The molecule has 0 saturated heterocycles. The van der Waals surface area contributed by atoms with Crippen LogP contribution in [0.2, 0.25) is 0 Å². The number of ether oxygens (including phenoxy) is 1. The van der Waals surface area contributed by atoms with Crippen LogP contribution in [0.1, 0.15) is 29.5 Å². The van der Waals surface area contributed by atoms with Gasteiger partial charge in [-0.3, -0.25) is 0 Å². The topological polar surface area (TPSA) is 52.1 Å². The molecule has 0 radical (unpaired) electrons. The second-order valence-corrected chi connectivity index (χ2v) is 5.01. The molecule has 0 aliphatic heterocycles. The number of carbonyl (C=O) groups is 1. The van der Waals surface area contributed by atoms with Crippen LogP contribution in [0.3, 0.4) is 0 Å². The van der Waals surface area contributed by atoms with E-state index in [1.54, 1.807) is 6.92 Å². The standard InChI is InChI=1S/C17H16F2N2O2/c1-11(15(18)19)8-9-23-17(22)14-10-12(2)20-16(21-14)13-6-4-3-5-7-13/h3-7,10H,8-9H2,1-2H3. The van der Waals surface area contributed by atoms with Crippen molar-refractivity contribution in [3.63, 3.8) is 0 Å². The minimum Gasteiger partial charge on any atom is -0.461 e. The van der Waals surface area contributed by atoms with Crippen LogP contribution in [0.5, 0.6) is 0 Å². The first kappa shape index (κ1) is 16.7. The fourth-order valence-corrected chi connectivity index (χ4v) is 1.85. The van der Waals surface area contributed by atoms with Crippen LogP contribution in [-0.4, -0.2) is 22.5 Å². The zero-order chi connectivity index (χ0) is 16.8. The molecule has 0 saturated carbocycles. The first-order chi connectivity index (χ1) is 11.0. The van der Waals surface area contributed by atoms with Gasteiger partial charge in [-0.15, -0.1) is 0 Å². The summed E-state index contributed by atoms with van der Waals surface area (Å²) in [4.78, 5) is 20.5. The second kappa shape index (κ2) is 7.58. The maximum absolute atomic E-state index is 12.3. The first-order valence-electron chi connectivity index (χ1n) is 7.06. The third-order valence-corrected chi connectivity index (χ3v) is 3.13. The van der Waals surface area contributed by atoms with E-state index in [9.17, 15) is 13.6 Å². The van der Waals surface area contributed by atoms with Crippen LogP contribution in [0.25, 0.3) is 11.4 Å². The molecule has 0 spiro atoms. The normalized spacial score (nSPS) is 10.3. The van der Waals surface area contributed by atoms with Gasteiger partial charge in [-0.25, -0.2) is 14.8 Å². The number of hydrogen-bond acceptors (Lipinski definition) is 4. The lowest BCUT2D eigenvalue weighted by Crippen LogP contribution is -2.10. The predicted molar refractivity (Wildman–Crippen MR) is 82.0 cm³/mol. The highest BCUT2D eigenvalue weighted by atomic mass is 19.3. The van der Waals surface area contributed by atoms with E-state index >= 15 is 0 Å². The van der Waals surface area contributed by atoms with Gasteiger partial charge in [0.1, 0.15) is 0 Å². The summed E-state index contributed by atoms with van der Waals surface area (Å²) in [6.45, 7) is 2.92. The monoisotopic (exact) mass is 318 g/mol. The van der Waals surface area contributed by atoms with Crippen LogP contribution in [0.15, 0.2) is 48.1 Å². The maximum atomic E-state index is 12.3. The molecule has 0 aliphatic rings. The minimum absolute atomic E-state index is 0.0102. The lowest BCUT2D eigenvalue weighted by molar-refractivity contribution is 0.0500. The van der Waals surface area contributed by atoms with Crippen molar-refractivity contribution in [2.75, 3.05) is 6.61 Å². The van der Waals surface area contributed by atoms with Gasteiger partial charge in [0.2, 0.25) is 0 Å². The molecular weight excluding hydrogens is 302 g/mol. The summed E-state index contributed by atoms with van der Waals surface area (Å²) in [6.07, 6.45) is -1.76. The molecule has 0 amide bonds. The zero-order valence-electron chi connectivity index (χ0n) is 12.8. The van der Waals surface area contributed by atoms with Crippen LogP contribution >= 0.6 is 0 Å². The van der Waals surface area contributed by atoms with E-state index in [0.29, 0.717) is 11.5 Å². The molecule has 0 aliphatic carbocycles. The van der Waals surface area contributed by atoms with Gasteiger partial charge in [-0.1, -0.05) is 30.3 Å². The third kappa shape index (κ3) is 4.67. The molecule has 2 aromatic rings. The summed E-state index contributed by atoms with van der Waals surface area (Å²) in [7, 11) is 0. The molecule has 23 heavy (non-hydrogen) atoms. The van der Waals surface area contributed by atoms with Crippen molar-refractivity contribution >= 4 is 5.97 Å². The number of carbonyl (C=O) groups excluding carboxylic acids is 1. The number of aromatic nitrogens is 2. The molecule has 120 valence electrons. The SMILES string of the molecule is CC(CCOC(=O)c1cc(C)nc(-c2ccccc2)n1)=C(F)F. The fourth-order valence-electron chi connectivity index (χ4n) is 1.85. The summed E-state index contributed by atoms with van der Waals surface area (Å²) >= 11 is 0. The number of halogens is 2. The molecule has 1 heterocycles. The van der Waals surface area contributed by atoms with Crippen molar-refractivity contribution < 1.29 is 18.3 Å². The van der Waals surface area contributed by atoms with Crippen molar-refractivity contribution in [3.8, 4) is 11.4 Å². The van der Waals surface area contributed by atoms with Gasteiger partial charge in [0.25, 0.3) is 6.08 Å². The van der Waals surface area contributed by atoms with Gasteiger partial charge in [0.05, 0.1) is 6.61 Å². The van der Waals surface area contributed by atoms with Gasteiger partial charge < -0.3 is 4.74 Å². The van der Waals surface area contributed by atoms with Gasteiger partial charge >= 0.3 is 5.97 Å². The lowest BCUT2D eigenvalue weighted by Gasteiger charge is -2.07. The Morgan fingerprint density at radius 1 is 1.17 bits per heavy atom.